The third-order valence-corrected chi connectivity index (χ3v) is 4.08. The molecular formula is C15H16BrN5O. The number of hydrogen-bond donors (Lipinski definition) is 3. The highest BCUT2D eigenvalue weighted by Gasteiger charge is 2.29. The van der Waals surface area contributed by atoms with Crippen molar-refractivity contribution in [2.24, 2.45) is 5.92 Å². The van der Waals surface area contributed by atoms with Crippen LogP contribution in [0.1, 0.15) is 18.5 Å². The van der Waals surface area contributed by atoms with E-state index in [1.165, 1.54) is 0 Å². The standard InChI is InChI=1S/C15H16BrN5O/c16-7-11-12(13(17)21-15(18)20-11)8-3-5-10(6-4-8)19-14(22)9-1-2-9/h3-6,9H,1-2,7H2,(H,19,22)(H4,17,18,20,21). The third-order valence-electron chi connectivity index (χ3n) is 3.55. The summed E-state index contributed by atoms with van der Waals surface area (Å²) in [4.78, 5) is 20.0. The molecule has 0 saturated heterocycles. The molecule has 1 fully saturated rings. The fourth-order valence-electron chi connectivity index (χ4n) is 2.27. The van der Waals surface area contributed by atoms with Crippen molar-refractivity contribution in [3.8, 4) is 11.1 Å². The predicted octanol–water partition coefficient (Wildman–Crippen LogP) is 2.55. The molecule has 0 spiro atoms. The van der Waals surface area contributed by atoms with E-state index in [4.69, 9.17) is 11.5 Å². The zero-order valence-electron chi connectivity index (χ0n) is 11.8. The lowest BCUT2D eigenvalue weighted by Crippen LogP contribution is -2.13. The number of halogens is 1. The van der Waals surface area contributed by atoms with Crippen LogP contribution in [0.15, 0.2) is 24.3 Å². The Hall–Kier alpha value is -2.15. The van der Waals surface area contributed by atoms with Crippen LogP contribution in [-0.2, 0) is 10.1 Å². The highest BCUT2D eigenvalue weighted by Crippen LogP contribution is 2.32. The van der Waals surface area contributed by atoms with Crippen molar-refractivity contribution in [1.82, 2.24) is 9.97 Å². The Morgan fingerprint density at radius 1 is 1.23 bits per heavy atom. The molecule has 7 heteroatoms. The Labute approximate surface area is 136 Å². The Balaban J connectivity index is 1.88. The molecule has 1 saturated carbocycles. The van der Waals surface area contributed by atoms with Gasteiger partial charge in [0.15, 0.2) is 0 Å². The van der Waals surface area contributed by atoms with Crippen LogP contribution >= 0.6 is 15.9 Å². The zero-order chi connectivity index (χ0) is 15.7. The van der Waals surface area contributed by atoms with E-state index in [1.54, 1.807) is 0 Å². The second-order valence-electron chi connectivity index (χ2n) is 5.26. The van der Waals surface area contributed by atoms with Gasteiger partial charge in [-0.1, -0.05) is 28.1 Å². The maximum absolute atomic E-state index is 11.8. The van der Waals surface area contributed by atoms with Crippen LogP contribution in [0, 0.1) is 5.92 Å². The number of nitrogens with two attached hydrogens (primary N) is 2. The van der Waals surface area contributed by atoms with Gasteiger partial charge in [0.05, 0.1) is 5.69 Å². The highest BCUT2D eigenvalue weighted by molar-refractivity contribution is 9.08. The van der Waals surface area contributed by atoms with Crippen molar-refractivity contribution in [3.63, 3.8) is 0 Å². The molecule has 5 N–H and O–H groups in total. The number of alkyl halides is 1. The SMILES string of the molecule is Nc1nc(N)c(-c2ccc(NC(=O)C3CC3)cc2)c(CBr)n1. The number of hydrogen-bond acceptors (Lipinski definition) is 5. The number of nitrogens with zero attached hydrogens (tertiary/aromatic N) is 2. The molecule has 0 atom stereocenters. The summed E-state index contributed by atoms with van der Waals surface area (Å²) in [5.74, 6) is 0.769. The summed E-state index contributed by atoms with van der Waals surface area (Å²) in [5, 5.41) is 3.43. The van der Waals surface area contributed by atoms with E-state index in [2.05, 4.69) is 31.2 Å². The smallest absolute Gasteiger partial charge is 0.227 e. The molecular weight excluding hydrogens is 346 g/mol. The highest BCUT2D eigenvalue weighted by atomic mass is 79.9. The minimum Gasteiger partial charge on any atom is -0.383 e. The number of benzene rings is 1. The molecule has 2 aromatic rings. The summed E-state index contributed by atoms with van der Waals surface area (Å²) < 4.78 is 0. The van der Waals surface area contributed by atoms with Crippen LogP contribution < -0.4 is 16.8 Å². The third kappa shape index (κ3) is 3.04. The number of anilines is 3. The summed E-state index contributed by atoms with van der Waals surface area (Å²) >= 11 is 3.39. The Kier molecular flexibility index (Phi) is 3.98. The van der Waals surface area contributed by atoms with Crippen molar-refractivity contribution >= 4 is 39.3 Å². The van der Waals surface area contributed by atoms with Gasteiger partial charge in [0.1, 0.15) is 5.82 Å². The van der Waals surface area contributed by atoms with Gasteiger partial charge < -0.3 is 16.8 Å². The number of carbonyl (C=O) groups excluding carboxylic acids is 1. The first-order valence-electron chi connectivity index (χ1n) is 6.97. The molecule has 0 aliphatic heterocycles. The Morgan fingerprint density at radius 3 is 2.50 bits per heavy atom. The van der Waals surface area contributed by atoms with Crippen LogP contribution in [0.3, 0.4) is 0 Å². The maximum atomic E-state index is 11.8. The maximum Gasteiger partial charge on any atom is 0.227 e. The van der Waals surface area contributed by atoms with E-state index in [0.717, 1.165) is 35.3 Å². The number of amides is 1. The zero-order valence-corrected chi connectivity index (χ0v) is 13.4. The van der Waals surface area contributed by atoms with Crippen molar-refractivity contribution in [2.45, 2.75) is 18.2 Å². The first kappa shape index (κ1) is 14.8. The van der Waals surface area contributed by atoms with E-state index in [1.807, 2.05) is 24.3 Å². The first-order chi connectivity index (χ1) is 10.6. The summed E-state index contributed by atoms with van der Waals surface area (Å²) in [6.07, 6.45) is 1.97. The van der Waals surface area contributed by atoms with E-state index in [0.29, 0.717) is 11.1 Å². The predicted molar refractivity (Wildman–Crippen MR) is 90.3 cm³/mol. The molecule has 1 aromatic heterocycles. The Morgan fingerprint density at radius 2 is 1.91 bits per heavy atom. The van der Waals surface area contributed by atoms with E-state index in [9.17, 15) is 4.79 Å². The molecule has 1 aromatic carbocycles. The molecule has 1 amide bonds. The van der Waals surface area contributed by atoms with Crippen LogP contribution in [0.5, 0.6) is 0 Å². The first-order valence-corrected chi connectivity index (χ1v) is 8.09. The summed E-state index contributed by atoms with van der Waals surface area (Å²) in [5.41, 5.74) is 14.8. The minimum atomic E-state index is 0.0872. The van der Waals surface area contributed by atoms with E-state index in [-0.39, 0.29) is 17.8 Å². The van der Waals surface area contributed by atoms with Gasteiger partial charge in [0, 0.05) is 22.5 Å². The fraction of sp³-hybridized carbons (Fsp3) is 0.267. The van der Waals surface area contributed by atoms with Gasteiger partial charge in [-0.25, -0.2) is 4.98 Å². The van der Waals surface area contributed by atoms with E-state index >= 15 is 0 Å². The van der Waals surface area contributed by atoms with Gasteiger partial charge in [-0.15, -0.1) is 0 Å². The molecule has 0 bridgehead atoms. The van der Waals surface area contributed by atoms with Crippen LogP contribution in [0.4, 0.5) is 17.5 Å². The molecule has 1 aliphatic rings. The molecule has 22 heavy (non-hydrogen) atoms. The summed E-state index contributed by atoms with van der Waals surface area (Å²) in [6, 6.07) is 7.48. The molecule has 0 unspecified atom stereocenters. The number of nitrogen functional groups attached to an aromatic ring is 2. The van der Waals surface area contributed by atoms with Gasteiger partial charge >= 0.3 is 0 Å². The molecule has 114 valence electrons. The second-order valence-corrected chi connectivity index (χ2v) is 5.82. The lowest BCUT2D eigenvalue weighted by atomic mass is 10.0. The monoisotopic (exact) mass is 361 g/mol. The normalized spacial score (nSPS) is 13.9. The Bertz CT molecular complexity index is 713. The van der Waals surface area contributed by atoms with Gasteiger partial charge in [-0.3, -0.25) is 4.79 Å². The second kappa shape index (κ2) is 5.92. The van der Waals surface area contributed by atoms with Gasteiger partial charge in [0.2, 0.25) is 11.9 Å². The van der Waals surface area contributed by atoms with Gasteiger partial charge in [-0.2, -0.15) is 4.98 Å². The topological polar surface area (TPSA) is 107 Å². The lowest BCUT2D eigenvalue weighted by molar-refractivity contribution is -0.117. The molecule has 1 aliphatic carbocycles. The molecule has 1 heterocycles. The average Bonchev–Trinajstić information content (AvgIpc) is 3.32. The molecule has 3 rings (SSSR count). The number of carbonyl (C=O) groups is 1. The fourth-order valence-corrected chi connectivity index (χ4v) is 2.67. The number of nitrogens with one attached hydrogen (secondary N) is 1. The van der Waals surface area contributed by atoms with Crippen LogP contribution in [-0.4, -0.2) is 15.9 Å². The lowest BCUT2D eigenvalue weighted by Gasteiger charge is -2.11. The van der Waals surface area contributed by atoms with Crippen molar-refractivity contribution in [1.29, 1.82) is 0 Å². The number of rotatable bonds is 4. The average molecular weight is 362 g/mol. The largest absolute Gasteiger partial charge is 0.383 e. The molecule has 6 nitrogen and oxygen atoms in total. The minimum absolute atomic E-state index is 0.0872. The molecule has 0 radical (unpaired) electrons. The van der Waals surface area contributed by atoms with Crippen molar-refractivity contribution in [2.75, 3.05) is 16.8 Å². The quantitative estimate of drug-likeness (QED) is 0.725. The van der Waals surface area contributed by atoms with Crippen LogP contribution in [0.25, 0.3) is 11.1 Å². The van der Waals surface area contributed by atoms with Gasteiger partial charge in [0.25, 0.3) is 0 Å². The van der Waals surface area contributed by atoms with Crippen LogP contribution in [0.2, 0.25) is 0 Å². The van der Waals surface area contributed by atoms with E-state index < -0.39 is 0 Å². The van der Waals surface area contributed by atoms with Gasteiger partial charge in [-0.05, 0) is 30.5 Å². The summed E-state index contributed by atoms with van der Waals surface area (Å²) in [6.45, 7) is 0. The van der Waals surface area contributed by atoms with Crippen molar-refractivity contribution < 1.29 is 4.79 Å². The number of aromatic nitrogens is 2. The summed E-state index contributed by atoms with van der Waals surface area (Å²) in [7, 11) is 0. The van der Waals surface area contributed by atoms with Crippen molar-refractivity contribution in [3.05, 3.63) is 30.0 Å².